The summed E-state index contributed by atoms with van der Waals surface area (Å²) in [5.41, 5.74) is 9.84. The molecule has 0 spiro atoms. The van der Waals surface area contributed by atoms with Crippen molar-refractivity contribution in [2.45, 2.75) is 13.0 Å². The highest BCUT2D eigenvalue weighted by atomic mass is 16.1. The first kappa shape index (κ1) is 17.5. The van der Waals surface area contributed by atoms with Gasteiger partial charge in [0.05, 0.1) is 0 Å². The van der Waals surface area contributed by atoms with Crippen molar-refractivity contribution in [3.05, 3.63) is 71.2 Å². The summed E-state index contributed by atoms with van der Waals surface area (Å²) in [6, 6.07) is 8.08. The van der Waals surface area contributed by atoms with E-state index in [4.69, 9.17) is 0 Å². The minimum Gasteiger partial charge on any atom is -0.323 e. The molecule has 6 nitrogen and oxygen atoms in total. The molecule has 4 rings (SSSR count). The molecule has 3 heterocycles. The summed E-state index contributed by atoms with van der Waals surface area (Å²) >= 11 is 0. The van der Waals surface area contributed by atoms with Crippen LogP contribution in [0.4, 0.5) is 5.69 Å². The Morgan fingerprint density at radius 2 is 2.19 bits per heavy atom. The highest BCUT2D eigenvalue weighted by molar-refractivity contribution is 6.02. The topological polar surface area (TPSA) is 69.3 Å². The van der Waals surface area contributed by atoms with Crippen LogP contribution in [0.2, 0.25) is 0 Å². The van der Waals surface area contributed by atoms with E-state index in [2.05, 4.69) is 39.4 Å². The number of nitrogens with zero attached hydrogens (tertiary/aromatic N) is 2. The van der Waals surface area contributed by atoms with Gasteiger partial charge in [-0.1, -0.05) is 6.07 Å². The second-order valence-electron chi connectivity index (χ2n) is 6.80. The molecule has 1 aromatic heterocycles. The highest BCUT2D eigenvalue weighted by Gasteiger charge is 2.13. The van der Waals surface area contributed by atoms with E-state index in [0.29, 0.717) is 0 Å². The van der Waals surface area contributed by atoms with Crippen molar-refractivity contribution in [1.29, 1.82) is 0 Å². The molecule has 27 heavy (non-hydrogen) atoms. The third kappa shape index (κ3) is 4.07. The summed E-state index contributed by atoms with van der Waals surface area (Å²) in [4.78, 5) is 16.6. The van der Waals surface area contributed by atoms with Crippen LogP contribution in [-0.4, -0.2) is 36.0 Å². The molecule has 1 aromatic carbocycles. The van der Waals surface area contributed by atoms with Gasteiger partial charge in [0.2, 0.25) is 5.91 Å². The maximum absolute atomic E-state index is 12.4. The standard InChI is InChI=1S/C21H23N5O/c1-26-14-18(13-24-26)20-7-9-23-12-17(20)3-5-21(27)25-19-4-2-16-11-22-8-6-15(16)10-19/h2-5,7,9-10,12,14,22,24H,6,8,11,13H2,1H3,(H,25,27)/b5-3+. The van der Waals surface area contributed by atoms with Gasteiger partial charge in [-0.2, -0.15) is 0 Å². The van der Waals surface area contributed by atoms with Crippen molar-refractivity contribution >= 4 is 23.2 Å². The number of nitrogens with one attached hydrogen (secondary N) is 3. The van der Waals surface area contributed by atoms with Crippen LogP contribution in [0.3, 0.4) is 0 Å². The predicted octanol–water partition coefficient (Wildman–Crippen LogP) is 2.17. The zero-order valence-corrected chi connectivity index (χ0v) is 15.3. The molecule has 1 amide bonds. The molecule has 0 aliphatic carbocycles. The van der Waals surface area contributed by atoms with Crippen molar-refractivity contribution in [2.75, 3.05) is 25.5 Å². The Morgan fingerprint density at radius 1 is 1.26 bits per heavy atom. The summed E-state index contributed by atoms with van der Waals surface area (Å²) in [7, 11) is 1.96. The lowest BCUT2D eigenvalue weighted by molar-refractivity contribution is -0.111. The molecule has 2 aliphatic rings. The van der Waals surface area contributed by atoms with Gasteiger partial charge >= 0.3 is 0 Å². The fourth-order valence-corrected chi connectivity index (χ4v) is 3.44. The highest BCUT2D eigenvalue weighted by Crippen LogP contribution is 2.22. The van der Waals surface area contributed by atoms with Crippen LogP contribution in [0.25, 0.3) is 11.6 Å². The number of amides is 1. The Hall–Kier alpha value is -2.96. The normalized spacial score (nSPS) is 16.3. The Kier molecular flexibility index (Phi) is 5.00. The zero-order chi connectivity index (χ0) is 18.6. The number of anilines is 1. The average molecular weight is 361 g/mol. The van der Waals surface area contributed by atoms with E-state index in [0.717, 1.165) is 42.9 Å². The molecule has 0 unspecified atom stereocenters. The van der Waals surface area contributed by atoms with Crippen molar-refractivity contribution in [3.63, 3.8) is 0 Å². The lowest BCUT2D eigenvalue weighted by Gasteiger charge is -2.17. The molecule has 138 valence electrons. The third-order valence-corrected chi connectivity index (χ3v) is 4.84. The summed E-state index contributed by atoms with van der Waals surface area (Å²) in [5, 5.41) is 8.24. The van der Waals surface area contributed by atoms with Crippen LogP contribution in [-0.2, 0) is 17.8 Å². The van der Waals surface area contributed by atoms with Crippen molar-refractivity contribution < 1.29 is 4.79 Å². The number of hydrogen-bond donors (Lipinski definition) is 3. The van der Waals surface area contributed by atoms with Gasteiger partial charge in [-0.15, -0.1) is 0 Å². The number of fused-ring (bicyclic) bond motifs is 1. The summed E-state index contributed by atoms with van der Waals surface area (Å²) in [6.45, 7) is 2.64. The number of benzene rings is 1. The zero-order valence-electron chi connectivity index (χ0n) is 15.3. The summed E-state index contributed by atoms with van der Waals surface area (Å²) in [6.07, 6.45) is 9.98. The fourth-order valence-electron chi connectivity index (χ4n) is 3.44. The molecule has 0 atom stereocenters. The molecule has 2 aliphatic heterocycles. The molecule has 0 bridgehead atoms. The van der Waals surface area contributed by atoms with E-state index in [1.54, 1.807) is 18.5 Å². The molecular weight excluding hydrogens is 338 g/mol. The Morgan fingerprint density at radius 3 is 3.04 bits per heavy atom. The van der Waals surface area contributed by atoms with E-state index in [1.165, 1.54) is 16.7 Å². The van der Waals surface area contributed by atoms with Gasteiger partial charge in [0, 0.05) is 56.1 Å². The van der Waals surface area contributed by atoms with Gasteiger partial charge in [0.25, 0.3) is 0 Å². The second kappa shape index (κ2) is 7.73. The van der Waals surface area contributed by atoms with Crippen molar-refractivity contribution in [1.82, 2.24) is 20.7 Å². The van der Waals surface area contributed by atoms with E-state index in [1.807, 2.05) is 30.3 Å². The van der Waals surface area contributed by atoms with Crippen LogP contribution < -0.4 is 16.1 Å². The number of rotatable bonds is 4. The largest absolute Gasteiger partial charge is 0.323 e. The van der Waals surface area contributed by atoms with Gasteiger partial charge < -0.3 is 15.6 Å². The minimum atomic E-state index is -0.144. The van der Waals surface area contributed by atoms with Crippen LogP contribution in [0.5, 0.6) is 0 Å². The molecule has 0 radical (unpaired) electrons. The monoisotopic (exact) mass is 361 g/mol. The summed E-state index contributed by atoms with van der Waals surface area (Å²) < 4.78 is 0. The van der Waals surface area contributed by atoms with Gasteiger partial charge in [-0.25, -0.2) is 5.43 Å². The number of aromatic nitrogens is 1. The predicted molar refractivity (Wildman–Crippen MR) is 107 cm³/mol. The molecule has 0 saturated heterocycles. The first-order chi connectivity index (χ1) is 13.2. The number of carbonyl (C=O) groups is 1. The Balaban J connectivity index is 1.47. The first-order valence-corrected chi connectivity index (χ1v) is 9.12. The lowest BCUT2D eigenvalue weighted by atomic mass is 10.0. The molecule has 0 fully saturated rings. The van der Waals surface area contributed by atoms with E-state index >= 15 is 0 Å². The fraction of sp³-hybridized carbons (Fsp3) is 0.238. The van der Waals surface area contributed by atoms with Crippen LogP contribution >= 0.6 is 0 Å². The third-order valence-electron chi connectivity index (χ3n) is 4.84. The number of hydrogen-bond acceptors (Lipinski definition) is 5. The quantitative estimate of drug-likeness (QED) is 0.728. The molecular formula is C21H23N5O. The van der Waals surface area contributed by atoms with Crippen molar-refractivity contribution in [3.8, 4) is 0 Å². The summed E-state index contributed by atoms with van der Waals surface area (Å²) in [5.74, 6) is -0.144. The van der Waals surface area contributed by atoms with Crippen molar-refractivity contribution in [2.24, 2.45) is 0 Å². The van der Waals surface area contributed by atoms with Gasteiger partial charge in [0.15, 0.2) is 0 Å². The van der Waals surface area contributed by atoms with Gasteiger partial charge in [-0.3, -0.25) is 9.78 Å². The van der Waals surface area contributed by atoms with E-state index in [9.17, 15) is 4.79 Å². The van der Waals surface area contributed by atoms with E-state index in [-0.39, 0.29) is 5.91 Å². The maximum Gasteiger partial charge on any atom is 0.248 e. The van der Waals surface area contributed by atoms with Gasteiger partial charge in [-0.05, 0) is 59.5 Å². The molecule has 3 N–H and O–H groups in total. The Labute approximate surface area is 159 Å². The van der Waals surface area contributed by atoms with E-state index < -0.39 is 0 Å². The number of pyridine rings is 1. The average Bonchev–Trinajstić information content (AvgIpc) is 3.13. The number of carbonyl (C=O) groups excluding carboxylic acids is 1. The van der Waals surface area contributed by atoms with Crippen LogP contribution in [0.15, 0.2) is 48.9 Å². The second-order valence-corrected chi connectivity index (χ2v) is 6.80. The first-order valence-electron chi connectivity index (χ1n) is 9.12. The van der Waals surface area contributed by atoms with Crippen LogP contribution in [0, 0.1) is 0 Å². The number of hydrazine groups is 1. The minimum absolute atomic E-state index is 0.144. The molecule has 0 saturated carbocycles. The van der Waals surface area contributed by atoms with Gasteiger partial charge in [0.1, 0.15) is 0 Å². The SMILES string of the molecule is CN1C=C(c2ccncc2/C=C/C(=O)Nc2ccc3c(c2)CCNC3)CN1. The maximum atomic E-state index is 12.4. The smallest absolute Gasteiger partial charge is 0.248 e. The Bertz CT molecular complexity index is 919. The lowest BCUT2D eigenvalue weighted by Crippen LogP contribution is -2.23. The molecule has 6 heteroatoms. The molecule has 2 aromatic rings. The van der Waals surface area contributed by atoms with Crippen LogP contribution in [0.1, 0.15) is 22.3 Å².